The Hall–Kier alpha value is -0.260. The van der Waals surface area contributed by atoms with E-state index < -0.39 is 0 Å². The van der Waals surface area contributed by atoms with Gasteiger partial charge in [0, 0.05) is 0 Å². The van der Waals surface area contributed by atoms with Gasteiger partial charge in [-0.3, -0.25) is 0 Å². The quantitative estimate of drug-likeness (QED) is 0.534. The van der Waals surface area contributed by atoms with E-state index in [1.54, 1.807) is 0 Å². The topological polar surface area (TPSA) is 0 Å². The molecule has 0 aromatic carbocycles. The highest BCUT2D eigenvalue weighted by Crippen LogP contribution is 2.44. The highest BCUT2D eigenvalue weighted by Gasteiger charge is 2.33. The fourth-order valence-corrected chi connectivity index (χ4v) is 3.62. The molecular formula is C14H24. The predicted octanol–water partition coefficient (Wildman–Crippen LogP) is 4.56. The summed E-state index contributed by atoms with van der Waals surface area (Å²) in [4.78, 5) is 0. The van der Waals surface area contributed by atoms with Gasteiger partial charge in [0.05, 0.1) is 0 Å². The summed E-state index contributed by atoms with van der Waals surface area (Å²) in [6, 6.07) is 0. The van der Waals surface area contributed by atoms with Crippen LogP contribution in [0.25, 0.3) is 0 Å². The lowest BCUT2D eigenvalue weighted by Crippen LogP contribution is -2.30. The van der Waals surface area contributed by atoms with E-state index in [1.807, 2.05) is 0 Å². The first-order valence-electron chi connectivity index (χ1n) is 6.42. The zero-order valence-electron chi connectivity index (χ0n) is 9.76. The van der Waals surface area contributed by atoms with Crippen molar-refractivity contribution in [1.82, 2.24) is 0 Å². The normalized spacial score (nSPS) is 37.4. The molecule has 0 heterocycles. The Balaban J connectivity index is 2.05. The molecule has 0 heteroatoms. The maximum Gasteiger partial charge on any atom is -0.0200 e. The summed E-state index contributed by atoms with van der Waals surface area (Å²) in [6.07, 6.45) is 13.1. The van der Waals surface area contributed by atoms with Crippen LogP contribution in [0.5, 0.6) is 0 Å². The van der Waals surface area contributed by atoms with Gasteiger partial charge in [0.25, 0.3) is 0 Å². The van der Waals surface area contributed by atoms with Crippen molar-refractivity contribution < 1.29 is 0 Å². The van der Waals surface area contributed by atoms with Crippen molar-refractivity contribution in [1.29, 1.82) is 0 Å². The van der Waals surface area contributed by atoms with E-state index in [9.17, 15) is 0 Å². The molecule has 0 nitrogen and oxygen atoms in total. The molecular weight excluding hydrogens is 168 g/mol. The second-order valence-corrected chi connectivity index (χ2v) is 5.55. The third kappa shape index (κ3) is 2.21. The van der Waals surface area contributed by atoms with E-state index in [2.05, 4.69) is 19.9 Å². The Morgan fingerprint density at radius 2 is 1.64 bits per heavy atom. The van der Waals surface area contributed by atoms with Crippen molar-refractivity contribution in [3.63, 3.8) is 0 Å². The van der Waals surface area contributed by atoms with Crippen molar-refractivity contribution in [3.8, 4) is 0 Å². The summed E-state index contributed by atoms with van der Waals surface area (Å²) >= 11 is 0. The molecule has 2 saturated carbocycles. The molecule has 0 saturated heterocycles. The maximum absolute atomic E-state index is 2.56. The van der Waals surface area contributed by atoms with E-state index in [4.69, 9.17) is 0 Å². The van der Waals surface area contributed by atoms with Crippen LogP contribution in [0, 0.1) is 17.8 Å². The molecule has 0 spiro atoms. The molecule has 80 valence electrons. The van der Waals surface area contributed by atoms with Crippen LogP contribution in [0.4, 0.5) is 0 Å². The SMILES string of the molecule is CC(C)=CC1CCCC2CCCCC12. The summed E-state index contributed by atoms with van der Waals surface area (Å²) in [7, 11) is 0. The molecule has 2 fully saturated rings. The summed E-state index contributed by atoms with van der Waals surface area (Å²) in [5.74, 6) is 3.06. The molecule has 3 unspecified atom stereocenters. The third-order valence-electron chi connectivity index (χ3n) is 4.18. The van der Waals surface area contributed by atoms with E-state index >= 15 is 0 Å². The number of hydrogen-bond acceptors (Lipinski definition) is 0. The monoisotopic (exact) mass is 192 g/mol. The Labute approximate surface area is 88.8 Å². The van der Waals surface area contributed by atoms with Gasteiger partial charge in [-0.15, -0.1) is 0 Å². The first kappa shape index (κ1) is 10.3. The number of rotatable bonds is 1. The maximum atomic E-state index is 2.56. The van der Waals surface area contributed by atoms with Crippen molar-refractivity contribution in [2.75, 3.05) is 0 Å². The van der Waals surface area contributed by atoms with Crippen LogP contribution >= 0.6 is 0 Å². The molecule has 0 N–H and O–H groups in total. The van der Waals surface area contributed by atoms with Gasteiger partial charge in [0.15, 0.2) is 0 Å². The molecule has 0 bridgehead atoms. The third-order valence-corrected chi connectivity index (χ3v) is 4.18. The molecule has 3 atom stereocenters. The van der Waals surface area contributed by atoms with Crippen molar-refractivity contribution in [2.45, 2.75) is 58.8 Å². The summed E-state index contributed by atoms with van der Waals surface area (Å²) in [6.45, 7) is 4.51. The lowest BCUT2D eigenvalue weighted by molar-refractivity contribution is 0.129. The molecule has 2 rings (SSSR count). The average molecular weight is 192 g/mol. The van der Waals surface area contributed by atoms with Crippen LogP contribution in [-0.2, 0) is 0 Å². The van der Waals surface area contributed by atoms with Gasteiger partial charge >= 0.3 is 0 Å². The minimum atomic E-state index is 0.930. The zero-order chi connectivity index (χ0) is 9.97. The first-order chi connectivity index (χ1) is 6.77. The largest absolute Gasteiger partial charge is 0.0825 e. The predicted molar refractivity (Wildman–Crippen MR) is 62.2 cm³/mol. The molecule has 0 radical (unpaired) electrons. The standard InChI is InChI=1S/C14H24/c1-11(2)10-13-8-5-7-12-6-3-4-9-14(12)13/h10,12-14H,3-9H2,1-2H3. The van der Waals surface area contributed by atoms with Crippen LogP contribution in [-0.4, -0.2) is 0 Å². The van der Waals surface area contributed by atoms with Crippen molar-refractivity contribution in [2.24, 2.45) is 17.8 Å². The van der Waals surface area contributed by atoms with Gasteiger partial charge in [0.2, 0.25) is 0 Å². The van der Waals surface area contributed by atoms with Crippen LogP contribution in [0.1, 0.15) is 58.8 Å². The molecule has 0 aromatic heterocycles. The Morgan fingerprint density at radius 3 is 2.43 bits per heavy atom. The zero-order valence-corrected chi connectivity index (χ0v) is 9.76. The first-order valence-corrected chi connectivity index (χ1v) is 6.42. The van der Waals surface area contributed by atoms with E-state index in [-0.39, 0.29) is 0 Å². The van der Waals surface area contributed by atoms with Gasteiger partial charge in [0.1, 0.15) is 0 Å². The Kier molecular flexibility index (Phi) is 3.30. The Morgan fingerprint density at radius 1 is 0.929 bits per heavy atom. The minimum Gasteiger partial charge on any atom is -0.0825 e. The minimum absolute atomic E-state index is 0.930. The van der Waals surface area contributed by atoms with Gasteiger partial charge in [-0.05, 0) is 44.4 Å². The van der Waals surface area contributed by atoms with Gasteiger partial charge in [-0.25, -0.2) is 0 Å². The van der Waals surface area contributed by atoms with E-state index in [0.29, 0.717) is 0 Å². The van der Waals surface area contributed by atoms with Gasteiger partial charge in [-0.1, -0.05) is 43.8 Å². The van der Waals surface area contributed by atoms with Crippen molar-refractivity contribution in [3.05, 3.63) is 11.6 Å². The van der Waals surface area contributed by atoms with Crippen LogP contribution < -0.4 is 0 Å². The second kappa shape index (κ2) is 4.51. The fraction of sp³-hybridized carbons (Fsp3) is 0.857. The molecule has 2 aliphatic carbocycles. The summed E-state index contributed by atoms with van der Waals surface area (Å²) < 4.78 is 0. The highest BCUT2D eigenvalue weighted by atomic mass is 14.4. The molecule has 14 heavy (non-hydrogen) atoms. The van der Waals surface area contributed by atoms with Gasteiger partial charge < -0.3 is 0 Å². The lowest BCUT2D eigenvalue weighted by Gasteiger charge is -2.40. The van der Waals surface area contributed by atoms with E-state index in [0.717, 1.165) is 17.8 Å². The molecule has 0 aliphatic heterocycles. The van der Waals surface area contributed by atoms with Gasteiger partial charge in [-0.2, -0.15) is 0 Å². The van der Waals surface area contributed by atoms with Crippen LogP contribution in [0.3, 0.4) is 0 Å². The molecule has 0 aromatic rings. The number of hydrogen-bond donors (Lipinski definition) is 0. The number of allylic oxidation sites excluding steroid dienone is 2. The highest BCUT2D eigenvalue weighted by molar-refractivity contribution is 5.02. The second-order valence-electron chi connectivity index (χ2n) is 5.55. The summed E-state index contributed by atoms with van der Waals surface area (Å²) in [5, 5.41) is 0. The molecule has 2 aliphatic rings. The Bertz CT molecular complexity index is 208. The van der Waals surface area contributed by atoms with Crippen LogP contribution in [0.15, 0.2) is 11.6 Å². The lowest BCUT2D eigenvalue weighted by atomic mass is 9.65. The van der Waals surface area contributed by atoms with E-state index in [1.165, 1.54) is 50.5 Å². The smallest absolute Gasteiger partial charge is 0.0200 e. The summed E-state index contributed by atoms with van der Waals surface area (Å²) in [5.41, 5.74) is 1.53. The molecule has 0 amide bonds. The van der Waals surface area contributed by atoms with Crippen molar-refractivity contribution >= 4 is 0 Å². The number of fused-ring (bicyclic) bond motifs is 1. The fourth-order valence-electron chi connectivity index (χ4n) is 3.62. The van der Waals surface area contributed by atoms with Crippen LogP contribution in [0.2, 0.25) is 0 Å². The average Bonchev–Trinajstić information content (AvgIpc) is 2.18.